The van der Waals surface area contributed by atoms with Crippen LogP contribution in [0.5, 0.6) is 5.75 Å². The van der Waals surface area contributed by atoms with Gasteiger partial charge in [0.25, 0.3) is 0 Å². The van der Waals surface area contributed by atoms with Crippen LogP contribution >= 0.6 is 0 Å². The molecule has 1 aliphatic heterocycles. The summed E-state index contributed by atoms with van der Waals surface area (Å²) >= 11 is 0. The van der Waals surface area contributed by atoms with Crippen molar-refractivity contribution in [2.75, 3.05) is 6.61 Å². The normalized spacial score (nSPS) is 21.8. The van der Waals surface area contributed by atoms with E-state index >= 15 is 0 Å². The molecule has 1 aromatic carbocycles. The van der Waals surface area contributed by atoms with Gasteiger partial charge in [0.2, 0.25) is 0 Å². The molecule has 0 bridgehead atoms. The molecular formula is C17H27NO2. The van der Waals surface area contributed by atoms with Gasteiger partial charge in [0.1, 0.15) is 5.75 Å². The molecule has 20 heavy (non-hydrogen) atoms. The first-order valence-corrected chi connectivity index (χ1v) is 7.53. The van der Waals surface area contributed by atoms with E-state index in [1.54, 1.807) is 6.07 Å². The van der Waals surface area contributed by atoms with Gasteiger partial charge >= 0.3 is 0 Å². The molecule has 1 fully saturated rings. The highest BCUT2D eigenvalue weighted by Gasteiger charge is 2.42. The second-order valence-corrected chi connectivity index (χ2v) is 6.98. The molecule has 1 heterocycles. The summed E-state index contributed by atoms with van der Waals surface area (Å²) in [5.41, 5.74) is 1.08. The molecule has 0 spiro atoms. The molecule has 0 radical (unpaired) electrons. The van der Waals surface area contributed by atoms with Gasteiger partial charge in [-0.3, -0.25) is 4.84 Å². The molecule has 0 aromatic heterocycles. The van der Waals surface area contributed by atoms with E-state index in [0.29, 0.717) is 12.4 Å². The Hall–Kier alpha value is -1.06. The van der Waals surface area contributed by atoms with Crippen LogP contribution in [0.1, 0.15) is 52.5 Å². The standard InChI is InChI=1S/C17H27NO2/c1-16(2)11-7-12-17(3,4)18(16)20-13-10-14-8-5-6-9-15(14)19/h5-6,8-9,19H,7,10-13H2,1-4H3. The van der Waals surface area contributed by atoms with Crippen LogP contribution in [0.25, 0.3) is 0 Å². The summed E-state index contributed by atoms with van der Waals surface area (Å²) in [6.45, 7) is 9.58. The number of benzene rings is 1. The monoisotopic (exact) mass is 277 g/mol. The Morgan fingerprint density at radius 2 is 1.70 bits per heavy atom. The lowest BCUT2D eigenvalue weighted by Crippen LogP contribution is -2.58. The van der Waals surface area contributed by atoms with Crippen molar-refractivity contribution < 1.29 is 9.94 Å². The van der Waals surface area contributed by atoms with E-state index in [9.17, 15) is 5.11 Å². The third kappa shape index (κ3) is 3.33. The van der Waals surface area contributed by atoms with Gasteiger partial charge in [0.05, 0.1) is 6.61 Å². The van der Waals surface area contributed by atoms with Gasteiger partial charge < -0.3 is 5.11 Å². The Morgan fingerprint density at radius 3 is 2.30 bits per heavy atom. The highest BCUT2D eigenvalue weighted by atomic mass is 16.7. The minimum atomic E-state index is 0.0699. The van der Waals surface area contributed by atoms with Crippen molar-refractivity contribution in [2.45, 2.75) is 64.5 Å². The van der Waals surface area contributed by atoms with E-state index < -0.39 is 0 Å². The lowest BCUT2D eigenvalue weighted by Gasteiger charge is -2.51. The van der Waals surface area contributed by atoms with Crippen LogP contribution < -0.4 is 0 Å². The van der Waals surface area contributed by atoms with E-state index in [1.165, 1.54) is 6.42 Å². The first-order chi connectivity index (χ1) is 9.33. The fourth-order valence-electron chi connectivity index (χ4n) is 3.29. The van der Waals surface area contributed by atoms with Crippen molar-refractivity contribution in [1.29, 1.82) is 0 Å². The fourth-order valence-corrected chi connectivity index (χ4v) is 3.29. The van der Waals surface area contributed by atoms with Crippen LogP contribution in [-0.2, 0) is 11.3 Å². The predicted molar refractivity (Wildman–Crippen MR) is 81.6 cm³/mol. The van der Waals surface area contributed by atoms with Gasteiger partial charge in [0, 0.05) is 17.5 Å². The molecule has 2 rings (SSSR count). The third-order valence-electron chi connectivity index (χ3n) is 4.26. The van der Waals surface area contributed by atoms with Crippen molar-refractivity contribution in [3.63, 3.8) is 0 Å². The molecule has 0 amide bonds. The summed E-state index contributed by atoms with van der Waals surface area (Å²) in [5.74, 6) is 0.355. The number of phenols is 1. The lowest BCUT2D eigenvalue weighted by molar-refractivity contribution is -0.280. The number of hydroxylamine groups is 2. The first-order valence-electron chi connectivity index (χ1n) is 7.53. The van der Waals surface area contributed by atoms with Crippen LogP contribution in [0.15, 0.2) is 24.3 Å². The molecule has 1 saturated heterocycles. The van der Waals surface area contributed by atoms with E-state index in [-0.39, 0.29) is 11.1 Å². The smallest absolute Gasteiger partial charge is 0.118 e. The van der Waals surface area contributed by atoms with Crippen molar-refractivity contribution in [1.82, 2.24) is 5.06 Å². The quantitative estimate of drug-likeness (QED) is 0.905. The van der Waals surface area contributed by atoms with Gasteiger partial charge in [-0.05, 0) is 58.6 Å². The summed E-state index contributed by atoms with van der Waals surface area (Å²) in [4.78, 5) is 6.09. The molecule has 1 aliphatic rings. The lowest BCUT2D eigenvalue weighted by atomic mass is 9.82. The van der Waals surface area contributed by atoms with Crippen LogP contribution in [0.4, 0.5) is 0 Å². The van der Waals surface area contributed by atoms with E-state index in [2.05, 4.69) is 32.8 Å². The number of rotatable bonds is 4. The molecule has 3 heteroatoms. The Bertz CT molecular complexity index is 438. The van der Waals surface area contributed by atoms with Crippen molar-refractivity contribution in [3.8, 4) is 5.75 Å². The average molecular weight is 277 g/mol. The maximum absolute atomic E-state index is 9.78. The zero-order valence-electron chi connectivity index (χ0n) is 13.1. The number of nitrogens with zero attached hydrogens (tertiary/aromatic N) is 1. The van der Waals surface area contributed by atoms with Crippen LogP contribution in [0.3, 0.4) is 0 Å². The first kappa shape index (κ1) is 15.3. The summed E-state index contributed by atoms with van der Waals surface area (Å²) in [7, 11) is 0. The molecular weight excluding hydrogens is 250 g/mol. The SMILES string of the molecule is CC1(C)CCCC(C)(C)N1OCCc1ccccc1O. The highest BCUT2D eigenvalue weighted by Crippen LogP contribution is 2.38. The second-order valence-electron chi connectivity index (χ2n) is 6.98. The number of phenolic OH excluding ortho intramolecular Hbond substituents is 1. The number of hydrogen-bond acceptors (Lipinski definition) is 3. The molecule has 1 N–H and O–H groups in total. The zero-order valence-corrected chi connectivity index (χ0v) is 13.1. The summed E-state index contributed by atoms with van der Waals surface area (Å²) < 4.78 is 0. The topological polar surface area (TPSA) is 32.7 Å². The molecule has 1 aromatic rings. The van der Waals surface area contributed by atoms with Crippen LogP contribution in [-0.4, -0.2) is 27.9 Å². The second kappa shape index (κ2) is 5.74. The Morgan fingerprint density at radius 1 is 1.10 bits per heavy atom. The Labute approximate surface area is 122 Å². The van der Waals surface area contributed by atoms with Gasteiger partial charge in [0.15, 0.2) is 0 Å². The Balaban J connectivity index is 1.97. The minimum absolute atomic E-state index is 0.0699. The zero-order chi connectivity index (χ0) is 14.8. The van der Waals surface area contributed by atoms with E-state index in [4.69, 9.17) is 4.84 Å². The minimum Gasteiger partial charge on any atom is -0.508 e. The fraction of sp³-hybridized carbons (Fsp3) is 0.647. The highest BCUT2D eigenvalue weighted by molar-refractivity contribution is 5.31. The predicted octanol–water partition coefficient (Wildman–Crippen LogP) is 3.91. The van der Waals surface area contributed by atoms with Crippen molar-refractivity contribution in [3.05, 3.63) is 29.8 Å². The number of para-hydroxylation sites is 1. The Kier molecular flexibility index (Phi) is 4.40. The van der Waals surface area contributed by atoms with Crippen molar-refractivity contribution >= 4 is 0 Å². The third-order valence-corrected chi connectivity index (χ3v) is 4.26. The molecule has 0 aliphatic carbocycles. The average Bonchev–Trinajstić information content (AvgIpc) is 2.34. The van der Waals surface area contributed by atoms with Crippen LogP contribution in [0.2, 0.25) is 0 Å². The van der Waals surface area contributed by atoms with Gasteiger partial charge in [-0.15, -0.1) is 0 Å². The number of hydrogen-bond donors (Lipinski definition) is 1. The van der Waals surface area contributed by atoms with E-state index in [1.807, 2.05) is 18.2 Å². The maximum atomic E-state index is 9.78. The number of aromatic hydroxyl groups is 1. The largest absolute Gasteiger partial charge is 0.508 e. The maximum Gasteiger partial charge on any atom is 0.118 e. The number of piperidine rings is 1. The molecule has 0 saturated carbocycles. The molecule has 112 valence electrons. The summed E-state index contributed by atoms with van der Waals surface area (Å²) in [5, 5.41) is 12.0. The van der Waals surface area contributed by atoms with Crippen LogP contribution in [0, 0.1) is 0 Å². The van der Waals surface area contributed by atoms with Gasteiger partial charge in [-0.2, -0.15) is 5.06 Å². The summed E-state index contributed by atoms with van der Waals surface area (Å²) in [6, 6.07) is 7.47. The molecule has 0 atom stereocenters. The summed E-state index contributed by atoms with van der Waals surface area (Å²) in [6.07, 6.45) is 4.30. The van der Waals surface area contributed by atoms with Gasteiger partial charge in [-0.1, -0.05) is 18.2 Å². The van der Waals surface area contributed by atoms with Gasteiger partial charge in [-0.25, -0.2) is 0 Å². The van der Waals surface area contributed by atoms with E-state index in [0.717, 1.165) is 24.8 Å². The molecule has 3 nitrogen and oxygen atoms in total. The molecule has 0 unspecified atom stereocenters. The van der Waals surface area contributed by atoms with Crippen molar-refractivity contribution in [2.24, 2.45) is 0 Å².